The second-order valence-corrected chi connectivity index (χ2v) is 15.1. The van der Waals surface area contributed by atoms with E-state index in [-0.39, 0.29) is 41.2 Å². The highest BCUT2D eigenvalue weighted by Gasteiger charge is 2.54. The zero-order valence-electron chi connectivity index (χ0n) is 24.3. The Morgan fingerprint density at radius 2 is 1.59 bits per heavy atom. The molecule has 4 saturated heterocycles. The van der Waals surface area contributed by atoms with Crippen molar-refractivity contribution in [3.63, 3.8) is 0 Å². The summed E-state index contributed by atoms with van der Waals surface area (Å²) >= 11 is 3.80. The van der Waals surface area contributed by atoms with Gasteiger partial charge in [0.15, 0.2) is 0 Å². The monoisotopic (exact) mass is 586 g/mol. The maximum Gasteiger partial charge on any atom is 0.0924 e. The fraction of sp³-hybridized carbons (Fsp3) is 0.933. The highest BCUT2D eigenvalue weighted by molar-refractivity contribution is 9.09. The van der Waals surface area contributed by atoms with Crippen molar-refractivity contribution < 1.29 is 29.2 Å². The molecule has 4 fully saturated rings. The molecule has 0 saturated carbocycles. The van der Waals surface area contributed by atoms with E-state index < -0.39 is 17.3 Å². The third-order valence-electron chi connectivity index (χ3n) is 9.82. The highest BCUT2D eigenvalue weighted by atomic mass is 79.9. The van der Waals surface area contributed by atoms with Gasteiger partial charge in [-0.25, -0.2) is 0 Å². The van der Waals surface area contributed by atoms with Crippen molar-refractivity contribution in [1.29, 1.82) is 0 Å². The molecule has 0 spiro atoms. The molecule has 9 atom stereocenters. The molecule has 4 aliphatic heterocycles. The quantitative estimate of drug-likeness (QED) is 0.294. The Kier molecular flexibility index (Phi) is 8.44. The van der Waals surface area contributed by atoms with Gasteiger partial charge in [0, 0.05) is 4.83 Å². The lowest BCUT2D eigenvalue weighted by molar-refractivity contribution is -0.284. The summed E-state index contributed by atoms with van der Waals surface area (Å²) in [7, 11) is 0. The van der Waals surface area contributed by atoms with Crippen LogP contribution in [-0.2, 0) is 18.9 Å². The zero-order valence-corrected chi connectivity index (χ0v) is 25.9. The van der Waals surface area contributed by atoms with Gasteiger partial charge in [-0.15, -0.1) is 0 Å². The van der Waals surface area contributed by atoms with E-state index in [1.807, 2.05) is 6.92 Å². The lowest BCUT2D eigenvalue weighted by Gasteiger charge is -2.55. The summed E-state index contributed by atoms with van der Waals surface area (Å²) in [5.41, 5.74) is -1.19. The van der Waals surface area contributed by atoms with Crippen LogP contribution in [-0.4, -0.2) is 73.6 Å². The Bertz CT molecular complexity index is 853. The Morgan fingerprint density at radius 3 is 2.22 bits per heavy atom. The normalized spacial score (nSPS) is 45.9. The topological polar surface area (TPSA) is 77.4 Å². The predicted octanol–water partition coefficient (Wildman–Crippen LogP) is 5.99. The number of alkyl halides is 1. The van der Waals surface area contributed by atoms with E-state index in [1.165, 1.54) is 0 Å². The van der Waals surface area contributed by atoms with E-state index in [1.54, 1.807) is 13.8 Å². The largest absolute Gasteiger partial charge is 0.390 e. The van der Waals surface area contributed by atoms with Crippen LogP contribution in [0.1, 0.15) is 113 Å². The summed E-state index contributed by atoms with van der Waals surface area (Å²) in [6.45, 7) is 16.4. The van der Waals surface area contributed by atoms with Crippen molar-refractivity contribution >= 4 is 15.9 Å². The standard InChI is InChI=1S/C30H51BrO6/c1-19(9-11-22(32)28(6)17-14-23(36-28)26(2,3)33)20-10-12-24-29(7,35-20)18-15-25(34-24)30(8)16-13-21(31)27(4,5)37-30/h9,20-25,32-33H,10-18H2,1-8H3/b19-9-/t20-,21-,22-,23-,24-,25-,28+,29+,30+/m1/s1. The molecule has 0 aromatic rings. The molecule has 0 radical (unpaired) electrons. The predicted molar refractivity (Wildman–Crippen MR) is 149 cm³/mol. The van der Waals surface area contributed by atoms with Crippen LogP contribution in [0.25, 0.3) is 0 Å². The van der Waals surface area contributed by atoms with Crippen LogP contribution >= 0.6 is 15.9 Å². The van der Waals surface area contributed by atoms with Gasteiger partial charge in [-0.2, -0.15) is 0 Å². The zero-order chi connectivity index (χ0) is 27.4. The van der Waals surface area contributed by atoms with Gasteiger partial charge in [0.2, 0.25) is 0 Å². The lowest BCUT2D eigenvalue weighted by atomic mass is 9.76. The second kappa shape index (κ2) is 10.4. The smallest absolute Gasteiger partial charge is 0.0924 e. The van der Waals surface area contributed by atoms with Crippen LogP contribution in [0.5, 0.6) is 0 Å². The van der Waals surface area contributed by atoms with Crippen LogP contribution in [0, 0.1) is 0 Å². The average molecular weight is 588 g/mol. The number of halogens is 1. The molecular weight excluding hydrogens is 536 g/mol. The van der Waals surface area contributed by atoms with Gasteiger partial charge in [0.05, 0.1) is 58.5 Å². The van der Waals surface area contributed by atoms with Gasteiger partial charge in [0.25, 0.3) is 0 Å². The van der Waals surface area contributed by atoms with Crippen LogP contribution in [0.3, 0.4) is 0 Å². The number of ether oxygens (including phenoxy) is 4. The number of rotatable bonds is 6. The number of fused-ring (bicyclic) bond motifs is 1. The third kappa shape index (κ3) is 6.18. The van der Waals surface area contributed by atoms with E-state index in [0.29, 0.717) is 11.2 Å². The third-order valence-corrected chi connectivity index (χ3v) is 11.4. The van der Waals surface area contributed by atoms with Gasteiger partial charge in [-0.1, -0.05) is 22.0 Å². The van der Waals surface area contributed by atoms with Crippen molar-refractivity contribution in [2.45, 2.75) is 177 Å². The molecule has 0 amide bonds. The molecule has 4 rings (SSSR count). The highest BCUT2D eigenvalue weighted by Crippen LogP contribution is 2.48. The van der Waals surface area contributed by atoms with Gasteiger partial charge in [-0.3, -0.25) is 0 Å². The summed E-state index contributed by atoms with van der Waals surface area (Å²) in [5, 5.41) is 21.3. The Morgan fingerprint density at radius 1 is 0.946 bits per heavy atom. The minimum absolute atomic E-state index is 0.0321. The Balaban J connectivity index is 1.34. The molecule has 4 aliphatic rings. The van der Waals surface area contributed by atoms with Crippen molar-refractivity contribution in [1.82, 2.24) is 0 Å². The van der Waals surface area contributed by atoms with Crippen molar-refractivity contribution in [3.05, 3.63) is 11.6 Å². The first kappa shape index (κ1) is 30.0. The van der Waals surface area contributed by atoms with E-state index in [4.69, 9.17) is 18.9 Å². The molecule has 7 heteroatoms. The molecule has 2 N–H and O–H groups in total. The van der Waals surface area contributed by atoms with Gasteiger partial charge in [0.1, 0.15) is 0 Å². The van der Waals surface area contributed by atoms with Gasteiger partial charge < -0.3 is 29.2 Å². The number of aliphatic hydroxyl groups excluding tert-OH is 1. The van der Waals surface area contributed by atoms with E-state index >= 15 is 0 Å². The molecule has 0 aliphatic carbocycles. The van der Waals surface area contributed by atoms with Crippen LogP contribution < -0.4 is 0 Å². The molecule has 0 aromatic carbocycles. The first-order chi connectivity index (χ1) is 17.0. The maximum absolute atomic E-state index is 11.0. The second-order valence-electron chi connectivity index (χ2n) is 14.0. The number of aliphatic hydroxyl groups is 2. The van der Waals surface area contributed by atoms with Crippen molar-refractivity contribution in [3.8, 4) is 0 Å². The lowest BCUT2D eigenvalue weighted by Crippen LogP contribution is -2.62. The van der Waals surface area contributed by atoms with Crippen LogP contribution in [0.4, 0.5) is 0 Å². The van der Waals surface area contributed by atoms with E-state index in [0.717, 1.165) is 56.9 Å². The minimum atomic E-state index is -0.903. The first-order valence-electron chi connectivity index (χ1n) is 14.4. The summed E-state index contributed by atoms with van der Waals surface area (Å²) in [6.07, 6.45) is 9.26. The molecule has 0 bridgehead atoms. The molecule has 214 valence electrons. The molecule has 6 nitrogen and oxygen atoms in total. The average Bonchev–Trinajstić information content (AvgIpc) is 3.22. The summed E-state index contributed by atoms with van der Waals surface area (Å²) in [4.78, 5) is 0.361. The fourth-order valence-corrected chi connectivity index (χ4v) is 7.26. The molecule has 0 aromatic heterocycles. The van der Waals surface area contributed by atoms with Gasteiger partial charge >= 0.3 is 0 Å². The van der Waals surface area contributed by atoms with Gasteiger partial charge in [-0.05, 0) is 119 Å². The van der Waals surface area contributed by atoms with Crippen molar-refractivity contribution in [2.75, 3.05) is 0 Å². The summed E-state index contributed by atoms with van der Waals surface area (Å²) in [6, 6.07) is 0. The maximum atomic E-state index is 11.0. The summed E-state index contributed by atoms with van der Waals surface area (Å²) in [5.74, 6) is 0. The first-order valence-corrected chi connectivity index (χ1v) is 15.3. The van der Waals surface area contributed by atoms with Crippen LogP contribution in [0.15, 0.2) is 11.6 Å². The van der Waals surface area contributed by atoms with E-state index in [9.17, 15) is 10.2 Å². The van der Waals surface area contributed by atoms with Crippen LogP contribution in [0.2, 0.25) is 0 Å². The Labute approximate surface area is 233 Å². The van der Waals surface area contributed by atoms with E-state index in [2.05, 4.69) is 56.6 Å². The molecule has 37 heavy (non-hydrogen) atoms. The SMILES string of the molecule is C/C(=C/C[C@@H](O)[C@]1(C)CC[C@H](C(C)(C)O)O1)[C@H]1CC[C@H]2O[C@@H]([C@]3(C)CC[C@@H](Br)C(C)(C)O3)CC[C@]2(C)O1. The molecule has 4 heterocycles. The van der Waals surface area contributed by atoms with Crippen molar-refractivity contribution in [2.24, 2.45) is 0 Å². The molecule has 0 unspecified atom stereocenters. The minimum Gasteiger partial charge on any atom is -0.390 e. The fourth-order valence-electron chi connectivity index (χ4n) is 6.94. The number of hydrogen-bond donors (Lipinski definition) is 2. The molecular formula is C30H51BrO6. The number of hydrogen-bond acceptors (Lipinski definition) is 6. The Hall–Kier alpha value is -0.0200. The summed E-state index contributed by atoms with van der Waals surface area (Å²) < 4.78 is 26.3.